The van der Waals surface area contributed by atoms with Crippen molar-refractivity contribution in [1.29, 1.82) is 0 Å². The van der Waals surface area contributed by atoms with E-state index < -0.39 is 33.5 Å². The summed E-state index contributed by atoms with van der Waals surface area (Å²) in [6, 6.07) is 35.0. The SMILES string of the molecule is C=CCO[C@@]12Oc3ccc(Oc4ccc(-c5ccccc5)cc4)cc3[C@H]3[C@H](CCCCO)[C@@H](CCCCO)C=C(C(=NOCc4ccc([N+](=O)[O-])cc4)C[C@@H]1N(C)C(=O)C=Cc1ccc([N+](=O)[O-])cc1)[C@H]32. The Labute approximate surface area is 412 Å². The number of oxime groups is 1. The van der Waals surface area contributed by atoms with Crippen LogP contribution in [0.15, 0.2) is 157 Å². The van der Waals surface area contributed by atoms with Crippen molar-refractivity contribution < 1.29 is 43.9 Å². The lowest BCUT2D eigenvalue weighted by Gasteiger charge is -2.59. The molecule has 0 bridgehead atoms. The summed E-state index contributed by atoms with van der Waals surface area (Å²) in [6.45, 7) is 4.17. The van der Waals surface area contributed by atoms with E-state index in [0.717, 1.165) is 47.9 Å². The van der Waals surface area contributed by atoms with Crippen LogP contribution >= 0.6 is 0 Å². The highest BCUT2D eigenvalue weighted by Crippen LogP contribution is 2.62. The number of nitro benzene ring substituents is 2. The molecule has 0 radical (unpaired) electrons. The molecule has 2 N–H and O–H groups in total. The summed E-state index contributed by atoms with van der Waals surface area (Å²) in [5, 5.41) is 47.6. The van der Waals surface area contributed by atoms with Crippen LogP contribution in [0.4, 0.5) is 11.4 Å². The van der Waals surface area contributed by atoms with Crippen molar-refractivity contribution in [2.75, 3.05) is 26.9 Å². The molecule has 1 fully saturated rings. The van der Waals surface area contributed by atoms with Gasteiger partial charge in [0.15, 0.2) is 0 Å². The van der Waals surface area contributed by atoms with Gasteiger partial charge in [-0.15, -0.1) is 6.58 Å². The maximum atomic E-state index is 14.5. The Morgan fingerprint density at radius 3 is 2.15 bits per heavy atom. The number of hydrogen-bond acceptors (Lipinski definition) is 12. The third kappa shape index (κ3) is 11.3. The van der Waals surface area contributed by atoms with E-state index in [4.69, 9.17) is 24.2 Å². The topological polar surface area (TPSA) is 196 Å². The van der Waals surface area contributed by atoms with Crippen molar-refractivity contribution in [2.24, 2.45) is 22.9 Å². The molecule has 6 atom stereocenters. The van der Waals surface area contributed by atoms with Crippen LogP contribution in [-0.2, 0) is 21.0 Å². The maximum Gasteiger partial charge on any atom is 0.269 e. The number of ether oxygens (including phenoxy) is 3. The van der Waals surface area contributed by atoms with Gasteiger partial charge in [0.2, 0.25) is 11.7 Å². The highest BCUT2D eigenvalue weighted by Gasteiger charge is 2.65. The summed E-state index contributed by atoms with van der Waals surface area (Å²) in [5.41, 5.74) is 5.57. The van der Waals surface area contributed by atoms with Crippen LogP contribution in [0.3, 0.4) is 0 Å². The normalized spacial score (nSPS) is 21.6. The highest BCUT2D eigenvalue weighted by atomic mass is 16.7. The molecule has 5 aromatic rings. The van der Waals surface area contributed by atoms with Gasteiger partial charge in [0.05, 0.1) is 28.1 Å². The van der Waals surface area contributed by atoms with E-state index in [0.29, 0.717) is 46.9 Å². The number of carbonyl (C=O) groups is 1. The summed E-state index contributed by atoms with van der Waals surface area (Å²) in [4.78, 5) is 44.0. The minimum Gasteiger partial charge on any atom is -0.459 e. The van der Waals surface area contributed by atoms with E-state index in [1.54, 1.807) is 48.4 Å². The van der Waals surface area contributed by atoms with Gasteiger partial charge in [-0.05, 0) is 126 Å². The van der Waals surface area contributed by atoms with Crippen LogP contribution in [0.5, 0.6) is 17.2 Å². The molecule has 2 aliphatic carbocycles. The third-order valence-electron chi connectivity index (χ3n) is 13.7. The van der Waals surface area contributed by atoms with Gasteiger partial charge >= 0.3 is 0 Å². The van der Waals surface area contributed by atoms with Gasteiger partial charge in [0.25, 0.3) is 11.4 Å². The van der Waals surface area contributed by atoms with Gasteiger partial charge in [-0.1, -0.05) is 72.6 Å². The number of nitro groups is 2. The van der Waals surface area contributed by atoms with Crippen LogP contribution < -0.4 is 9.47 Å². The predicted molar refractivity (Wildman–Crippen MR) is 270 cm³/mol. The van der Waals surface area contributed by atoms with Crippen LogP contribution in [-0.4, -0.2) is 75.3 Å². The number of nitrogens with zero attached hydrogens (tertiary/aromatic N) is 4. The van der Waals surface area contributed by atoms with E-state index in [9.17, 15) is 35.2 Å². The van der Waals surface area contributed by atoms with Crippen LogP contribution in [0, 0.1) is 38.0 Å². The van der Waals surface area contributed by atoms with Gasteiger partial charge in [-0.3, -0.25) is 25.0 Å². The van der Waals surface area contributed by atoms with Gasteiger partial charge in [-0.25, -0.2) is 0 Å². The third-order valence-corrected chi connectivity index (χ3v) is 13.7. The van der Waals surface area contributed by atoms with Crippen molar-refractivity contribution in [3.8, 4) is 28.4 Å². The van der Waals surface area contributed by atoms with Crippen molar-refractivity contribution in [2.45, 2.75) is 69.3 Å². The zero-order valence-electron chi connectivity index (χ0n) is 39.6. The number of rotatable bonds is 22. The minimum absolute atomic E-state index is 0.00839. The lowest BCUT2D eigenvalue weighted by atomic mass is 9.55. The van der Waals surface area contributed by atoms with Crippen LogP contribution in [0.1, 0.15) is 67.6 Å². The lowest BCUT2D eigenvalue weighted by Crippen LogP contribution is -2.69. The Hall–Kier alpha value is -7.46. The molecule has 5 aromatic carbocycles. The molecule has 0 saturated heterocycles. The number of hydrogen-bond donors (Lipinski definition) is 2. The average Bonchev–Trinajstić information content (AvgIpc) is 3.39. The van der Waals surface area contributed by atoms with E-state index >= 15 is 0 Å². The molecular weight excluding hydrogens is 905 g/mol. The zero-order valence-corrected chi connectivity index (χ0v) is 39.6. The number of fused-ring (bicyclic) bond motifs is 2. The van der Waals surface area contributed by atoms with Gasteiger partial charge in [0, 0.05) is 68.5 Å². The Morgan fingerprint density at radius 2 is 1.49 bits per heavy atom. The molecule has 3 aliphatic rings. The first-order valence-electron chi connectivity index (χ1n) is 24.0. The Kier molecular flexibility index (Phi) is 16.2. The molecule has 0 spiro atoms. The van der Waals surface area contributed by atoms with E-state index in [-0.39, 0.29) is 62.0 Å². The van der Waals surface area contributed by atoms with Crippen molar-refractivity contribution in [3.63, 3.8) is 0 Å². The first-order valence-corrected chi connectivity index (χ1v) is 24.0. The fraction of sp³-hybridized carbons (Fsp3) is 0.321. The molecule has 15 heteroatoms. The maximum absolute atomic E-state index is 14.5. The molecule has 368 valence electrons. The quantitative estimate of drug-likeness (QED) is 0.0220. The van der Waals surface area contributed by atoms with Crippen molar-refractivity contribution >= 4 is 29.1 Å². The molecule has 71 heavy (non-hydrogen) atoms. The Balaban J connectivity index is 1.25. The second-order valence-corrected chi connectivity index (χ2v) is 18.1. The molecule has 1 amide bonds. The first kappa shape index (κ1) is 49.9. The summed E-state index contributed by atoms with van der Waals surface area (Å²) >= 11 is 0. The number of aliphatic hydroxyl groups excluding tert-OH is 2. The molecular formula is C56H58N4O11. The number of unbranched alkanes of at least 4 members (excludes halogenated alkanes) is 2. The number of allylic oxidation sites excluding steroid dienone is 1. The molecule has 0 unspecified atom stereocenters. The summed E-state index contributed by atoms with van der Waals surface area (Å²) in [6.07, 6.45) is 11.2. The average molecular weight is 963 g/mol. The molecule has 15 nitrogen and oxygen atoms in total. The standard InChI is InChI=1S/C56H58N4O11/c1-3-33-68-56-52(58(2)53(63)30-19-38-15-22-43(23-16-38)59(64)65)36-50(57-69-37-39-17-24-44(25-18-39)60(66)67)48-34-42(13-7-9-31-61)47(14-8-10-32-62)54(55(48)56)49-35-46(28-29-51(49)71-56)70-45-26-20-41(21-27-45)40-11-5-4-6-12-40/h3-6,11-12,15-30,34-35,42,47,52,54-55,61-62H,1,7-10,13-14,31-33,36-37H2,2H3/t42-,47+,52-,54+,55+,56+/m0/s1. The first-order chi connectivity index (χ1) is 34.5. The number of benzene rings is 5. The summed E-state index contributed by atoms with van der Waals surface area (Å²) in [7, 11) is 1.68. The van der Waals surface area contributed by atoms with Gasteiger partial charge in [-0.2, -0.15) is 0 Å². The second-order valence-electron chi connectivity index (χ2n) is 18.1. The zero-order chi connectivity index (χ0) is 49.9. The fourth-order valence-electron chi connectivity index (χ4n) is 10.3. The Morgan fingerprint density at radius 1 is 0.845 bits per heavy atom. The van der Waals surface area contributed by atoms with Gasteiger partial charge in [0.1, 0.15) is 29.9 Å². The second kappa shape index (κ2) is 23.0. The summed E-state index contributed by atoms with van der Waals surface area (Å²) in [5.74, 6) is -1.05. The van der Waals surface area contributed by atoms with Crippen molar-refractivity contribution in [1.82, 2.24) is 4.90 Å². The summed E-state index contributed by atoms with van der Waals surface area (Å²) < 4.78 is 20.9. The number of likely N-dealkylation sites (N-methyl/N-ethyl adjacent to an activating group) is 1. The van der Waals surface area contributed by atoms with E-state index in [1.807, 2.05) is 60.7 Å². The monoisotopic (exact) mass is 962 g/mol. The number of carbonyl (C=O) groups excluding carboxylic acids is 1. The molecule has 1 heterocycles. The minimum atomic E-state index is -1.51. The lowest BCUT2D eigenvalue weighted by molar-refractivity contribution is -0.385. The number of amides is 1. The fourth-order valence-corrected chi connectivity index (χ4v) is 10.3. The van der Waals surface area contributed by atoms with Gasteiger partial charge < -0.3 is 34.2 Å². The highest BCUT2D eigenvalue weighted by molar-refractivity contribution is 6.03. The largest absolute Gasteiger partial charge is 0.459 e. The van der Waals surface area contributed by atoms with E-state index in [2.05, 4.69) is 24.8 Å². The predicted octanol–water partition coefficient (Wildman–Crippen LogP) is 11.0. The number of non-ortho nitro benzene ring substituents is 2. The number of aliphatic hydroxyl groups is 2. The van der Waals surface area contributed by atoms with E-state index in [1.165, 1.54) is 30.3 Å². The Bertz CT molecular complexity index is 2760. The van der Waals surface area contributed by atoms with Crippen molar-refractivity contribution in [3.05, 3.63) is 189 Å². The smallest absolute Gasteiger partial charge is 0.269 e. The molecule has 8 rings (SSSR count). The molecule has 1 aliphatic heterocycles. The molecule has 1 saturated carbocycles. The molecule has 0 aromatic heterocycles. The van der Waals surface area contributed by atoms with Crippen LogP contribution in [0.25, 0.3) is 17.2 Å². The van der Waals surface area contributed by atoms with Crippen LogP contribution in [0.2, 0.25) is 0 Å².